The van der Waals surface area contributed by atoms with E-state index in [-0.39, 0.29) is 5.15 Å². The van der Waals surface area contributed by atoms with Crippen molar-refractivity contribution in [2.24, 2.45) is 0 Å². The zero-order chi connectivity index (χ0) is 16.7. The summed E-state index contributed by atoms with van der Waals surface area (Å²) in [5, 5.41) is 8.76. The first kappa shape index (κ1) is 14.7. The van der Waals surface area contributed by atoms with Gasteiger partial charge in [-0.25, -0.2) is 4.98 Å². The summed E-state index contributed by atoms with van der Waals surface area (Å²) in [5.74, 6) is 1.87. The van der Waals surface area contributed by atoms with E-state index in [1.807, 2.05) is 40.8 Å². The summed E-state index contributed by atoms with van der Waals surface area (Å²) in [4.78, 5) is 4.40. The van der Waals surface area contributed by atoms with E-state index in [1.165, 1.54) is 0 Å². The minimum atomic E-state index is 0.282. The molecule has 0 N–H and O–H groups in total. The average molecular weight is 341 g/mol. The van der Waals surface area contributed by atoms with E-state index in [9.17, 15) is 0 Å². The van der Waals surface area contributed by atoms with E-state index in [0.29, 0.717) is 28.5 Å². The van der Waals surface area contributed by atoms with E-state index in [0.717, 1.165) is 11.1 Å². The number of ether oxygens (including phenoxy) is 2. The van der Waals surface area contributed by atoms with Crippen molar-refractivity contribution in [3.63, 3.8) is 0 Å². The van der Waals surface area contributed by atoms with Crippen LogP contribution in [0.25, 0.3) is 28.1 Å². The van der Waals surface area contributed by atoms with E-state index in [1.54, 1.807) is 20.3 Å². The third kappa shape index (κ3) is 2.15. The Kier molecular flexibility index (Phi) is 3.46. The maximum Gasteiger partial charge on any atom is 0.199 e. The number of benzene rings is 2. The lowest BCUT2D eigenvalue weighted by Crippen LogP contribution is -1.98. The quantitative estimate of drug-likeness (QED) is 0.570. The van der Waals surface area contributed by atoms with E-state index in [4.69, 9.17) is 21.1 Å². The summed E-state index contributed by atoms with van der Waals surface area (Å²) >= 11 is 6.30. The summed E-state index contributed by atoms with van der Waals surface area (Å²) < 4.78 is 12.6. The molecular formula is C17H13ClN4O2. The highest BCUT2D eigenvalue weighted by atomic mass is 35.5. The highest BCUT2D eigenvalue weighted by Gasteiger charge is 2.17. The van der Waals surface area contributed by atoms with Gasteiger partial charge in [0.25, 0.3) is 0 Å². The van der Waals surface area contributed by atoms with Gasteiger partial charge in [0.2, 0.25) is 0 Å². The van der Waals surface area contributed by atoms with Gasteiger partial charge < -0.3 is 9.47 Å². The van der Waals surface area contributed by atoms with Crippen molar-refractivity contribution >= 4 is 28.3 Å². The molecule has 0 bridgehead atoms. The smallest absolute Gasteiger partial charge is 0.199 e. The van der Waals surface area contributed by atoms with Crippen LogP contribution in [0.3, 0.4) is 0 Å². The summed E-state index contributed by atoms with van der Waals surface area (Å²) in [7, 11) is 3.17. The Morgan fingerprint density at radius 2 is 1.67 bits per heavy atom. The molecule has 0 saturated heterocycles. The first-order valence-corrected chi connectivity index (χ1v) is 7.62. The van der Waals surface area contributed by atoms with Crippen LogP contribution >= 0.6 is 11.6 Å². The Balaban J connectivity index is 2.14. The molecular weight excluding hydrogens is 328 g/mol. The molecule has 7 heteroatoms. The van der Waals surface area contributed by atoms with E-state index < -0.39 is 0 Å². The second-order valence-corrected chi connectivity index (χ2v) is 5.51. The molecule has 2 heterocycles. The van der Waals surface area contributed by atoms with Gasteiger partial charge >= 0.3 is 0 Å². The van der Waals surface area contributed by atoms with Crippen molar-refractivity contribution in [1.82, 2.24) is 19.6 Å². The predicted molar refractivity (Wildman–Crippen MR) is 91.8 cm³/mol. The maximum atomic E-state index is 6.30. The molecule has 0 aliphatic carbocycles. The normalized spacial score (nSPS) is 11.1. The molecule has 0 radical (unpaired) electrons. The van der Waals surface area contributed by atoms with Crippen LogP contribution in [0.4, 0.5) is 0 Å². The van der Waals surface area contributed by atoms with Crippen molar-refractivity contribution in [1.29, 1.82) is 0 Å². The number of nitrogens with zero attached hydrogens (tertiary/aromatic N) is 4. The average Bonchev–Trinajstić information content (AvgIpc) is 3.07. The van der Waals surface area contributed by atoms with Crippen molar-refractivity contribution < 1.29 is 9.47 Å². The van der Waals surface area contributed by atoms with Crippen LogP contribution in [0, 0.1) is 0 Å². The lowest BCUT2D eigenvalue weighted by atomic mass is 10.2. The van der Waals surface area contributed by atoms with Crippen molar-refractivity contribution in [2.45, 2.75) is 0 Å². The van der Waals surface area contributed by atoms with E-state index >= 15 is 0 Å². The first-order chi connectivity index (χ1) is 11.7. The minimum Gasteiger partial charge on any atom is -0.493 e. The fourth-order valence-corrected chi connectivity index (χ4v) is 2.92. The molecule has 4 rings (SSSR count). The van der Waals surface area contributed by atoms with Crippen molar-refractivity contribution in [2.75, 3.05) is 14.2 Å². The number of aromatic nitrogens is 4. The molecule has 0 saturated carbocycles. The van der Waals surface area contributed by atoms with Crippen LogP contribution < -0.4 is 9.47 Å². The molecule has 4 aromatic rings. The van der Waals surface area contributed by atoms with Crippen LogP contribution in [0.5, 0.6) is 11.5 Å². The molecule has 0 unspecified atom stereocenters. The van der Waals surface area contributed by atoms with Crippen LogP contribution in [-0.2, 0) is 0 Å². The molecule has 24 heavy (non-hydrogen) atoms. The Morgan fingerprint density at radius 3 is 2.38 bits per heavy atom. The standard InChI is InChI=1S/C17H13ClN4O2/c1-23-13-8-11-12(9-14(13)24-2)22-16(10-6-4-3-5-7-10)20-21-17(22)15(18)19-11/h3-9H,1-2H3. The molecule has 6 nitrogen and oxygen atoms in total. The zero-order valence-electron chi connectivity index (χ0n) is 13.0. The number of hydrogen-bond donors (Lipinski definition) is 0. The van der Waals surface area contributed by atoms with Gasteiger partial charge in [0.1, 0.15) is 0 Å². The number of hydrogen-bond acceptors (Lipinski definition) is 5. The Labute approximate surface area is 142 Å². The maximum absolute atomic E-state index is 6.30. The molecule has 0 aliphatic heterocycles. The molecule has 0 fully saturated rings. The largest absolute Gasteiger partial charge is 0.493 e. The second kappa shape index (κ2) is 5.65. The number of halogens is 1. The summed E-state index contributed by atoms with van der Waals surface area (Å²) in [6.07, 6.45) is 0. The summed E-state index contributed by atoms with van der Waals surface area (Å²) in [5.41, 5.74) is 2.89. The minimum absolute atomic E-state index is 0.282. The SMILES string of the molecule is COc1cc2nc(Cl)c3nnc(-c4ccccc4)n3c2cc1OC. The Morgan fingerprint density at radius 1 is 0.958 bits per heavy atom. The Hall–Kier alpha value is -2.86. The van der Waals surface area contributed by atoms with Crippen LogP contribution in [0.2, 0.25) is 5.15 Å². The number of fused-ring (bicyclic) bond motifs is 3. The number of methoxy groups -OCH3 is 2. The monoisotopic (exact) mass is 340 g/mol. The lowest BCUT2D eigenvalue weighted by Gasteiger charge is -2.11. The third-order valence-electron chi connectivity index (χ3n) is 3.82. The highest BCUT2D eigenvalue weighted by Crippen LogP contribution is 2.34. The van der Waals surface area contributed by atoms with E-state index in [2.05, 4.69) is 15.2 Å². The molecule has 0 spiro atoms. The van der Waals surface area contributed by atoms with Gasteiger partial charge in [-0.3, -0.25) is 4.40 Å². The van der Waals surface area contributed by atoms with Crippen LogP contribution in [-0.4, -0.2) is 33.8 Å². The molecule has 0 atom stereocenters. The van der Waals surface area contributed by atoms with Crippen molar-refractivity contribution in [3.05, 3.63) is 47.6 Å². The second-order valence-electron chi connectivity index (χ2n) is 5.15. The van der Waals surface area contributed by atoms with Gasteiger partial charge in [-0.1, -0.05) is 41.9 Å². The van der Waals surface area contributed by atoms with Gasteiger partial charge in [0.15, 0.2) is 28.1 Å². The first-order valence-electron chi connectivity index (χ1n) is 7.24. The highest BCUT2D eigenvalue weighted by molar-refractivity contribution is 6.32. The van der Waals surface area contributed by atoms with Gasteiger partial charge in [-0.2, -0.15) is 0 Å². The molecule has 0 amide bonds. The fourth-order valence-electron chi connectivity index (χ4n) is 2.70. The van der Waals surface area contributed by atoms with Gasteiger partial charge in [-0.05, 0) is 0 Å². The van der Waals surface area contributed by atoms with Crippen molar-refractivity contribution in [3.8, 4) is 22.9 Å². The molecule has 0 aliphatic rings. The molecule has 2 aromatic heterocycles. The lowest BCUT2D eigenvalue weighted by molar-refractivity contribution is 0.355. The predicted octanol–water partition coefficient (Wildman–Crippen LogP) is 3.62. The fraction of sp³-hybridized carbons (Fsp3) is 0.118. The summed E-state index contributed by atoms with van der Waals surface area (Å²) in [6.45, 7) is 0. The van der Waals surface area contributed by atoms with Gasteiger partial charge in [0.05, 0.1) is 25.3 Å². The molecule has 120 valence electrons. The van der Waals surface area contributed by atoms with Gasteiger partial charge in [-0.15, -0.1) is 10.2 Å². The third-order valence-corrected chi connectivity index (χ3v) is 4.07. The number of rotatable bonds is 3. The topological polar surface area (TPSA) is 61.5 Å². The van der Waals surface area contributed by atoms with Crippen LogP contribution in [0.15, 0.2) is 42.5 Å². The summed E-state index contributed by atoms with van der Waals surface area (Å²) in [6, 6.07) is 13.4. The van der Waals surface area contributed by atoms with Crippen LogP contribution in [0.1, 0.15) is 0 Å². The van der Waals surface area contributed by atoms with Gasteiger partial charge in [0, 0.05) is 17.7 Å². The Bertz CT molecular complexity index is 1050. The zero-order valence-corrected chi connectivity index (χ0v) is 13.8. The molecule has 2 aromatic carbocycles.